The van der Waals surface area contributed by atoms with E-state index in [9.17, 15) is 8.78 Å². The van der Waals surface area contributed by atoms with Crippen molar-refractivity contribution in [2.24, 2.45) is 0 Å². The minimum Gasteiger partial charge on any atom is -0.313 e. The fourth-order valence-corrected chi connectivity index (χ4v) is 2.67. The van der Waals surface area contributed by atoms with Crippen molar-refractivity contribution in [3.05, 3.63) is 29.8 Å². The molecule has 0 aliphatic carbocycles. The Labute approximate surface area is 112 Å². The number of rotatable bonds is 7. The summed E-state index contributed by atoms with van der Waals surface area (Å²) in [7, 11) is 0. The Morgan fingerprint density at radius 3 is 2.44 bits per heavy atom. The lowest BCUT2D eigenvalue weighted by molar-refractivity contribution is 0.487. The average Bonchev–Trinajstić information content (AvgIpc) is 2.34. The molecule has 1 aromatic rings. The first-order valence-electron chi connectivity index (χ1n) is 6.41. The summed E-state index contributed by atoms with van der Waals surface area (Å²) in [6.45, 7) is 7.17. The smallest absolute Gasteiger partial charge is 0.139 e. The molecule has 0 radical (unpaired) electrons. The first-order valence-corrected chi connectivity index (χ1v) is 7.29. The van der Waals surface area contributed by atoms with Gasteiger partial charge in [-0.05, 0) is 25.0 Å². The molecule has 0 bridgehead atoms. The second-order valence-electron chi connectivity index (χ2n) is 4.42. The van der Waals surface area contributed by atoms with Crippen molar-refractivity contribution >= 4 is 11.8 Å². The van der Waals surface area contributed by atoms with Gasteiger partial charge in [-0.2, -0.15) is 0 Å². The lowest BCUT2D eigenvalue weighted by atomic mass is 10.2. The van der Waals surface area contributed by atoms with Crippen molar-refractivity contribution in [3.8, 4) is 0 Å². The molecule has 1 aromatic carbocycles. The van der Waals surface area contributed by atoms with E-state index >= 15 is 0 Å². The predicted octanol–water partition coefficient (Wildman–Crippen LogP) is 4.22. The third-order valence-electron chi connectivity index (χ3n) is 2.90. The SMILES string of the molecule is CCC(CC)NCC(C)Sc1ccc(F)cc1F. The van der Waals surface area contributed by atoms with Gasteiger partial charge in [-0.1, -0.05) is 20.8 Å². The second-order valence-corrected chi connectivity index (χ2v) is 5.91. The molecule has 0 saturated heterocycles. The van der Waals surface area contributed by atoms with Gasteiger partial charge in [0.2, 0.25) is 0 Å². The molecular weight excluding hydrogens is 252 g/mol. The fourth-order valence-electron chi connectivity index (χ4n) is 1.74. The van der Waals surface area contributed by atoms with Crippen LogP contribution in [0.25, 0.3) is 0 Å². The van der Waals surface area contributed by atoms with Crippen molar-refractivity contribution in [1.29, 1.82) is 0 Å². The first-order chi connectivity index (χ1) is 8.56. The molecule has 4 heteroatoms. The van der Waals surface area contributed by atoms with Gasteiger partial charge >= 0.3 is 0 Å². The molecule has 1 nitrogen and oxygen atoms in total. The maximum Gasteiger partial charge on any atom is 0.139 e. The summed E-state index contributed by atoms with van der Waals surface area (Å²) in [5.41, 5.74) is 0. The molecule has 0 aliphatic heterocycles. The van der Waals surface area contributed by atoms with E-state index in [2.05, 4.69) is 19.2 Å². The first kappa shape index (κ1) is 15.4. The molecule has 0 saturated carbocycles. The molecule has 0 fully saturated rings. The molecular formula is C14H21F2NS. The molecule has 0 heterocycles. The topological polar surface area (TPSA) is 12.0 Å². The lowest BCUT2D eigenvalue weighted by Gasteiger charge is -2.18. The number of halogens is 2. The van der Waals surface area contributed by atoms with Crippen molar-refractivity contribution in [3.63, 3.8) is 0 Å². The number of benzene rings is 1. The van der Waals surface area contributed by atoms with Gasteiger partial charge in [-0.15, -0.1) is 11.8 Å². The summed E-state index contributed by atoms with van der Waals surface area (Å²) < 4.78 is 26.2. The van der Waals surface area contributed by atoms with Crippen molar-refractivity contribution in [1.82, 2.24) is 5.32 Å². The van der Waals surface area contributed by atoms with E-state index in [1.54, 1.807) is 0 Å². The van der Waals surface area contributed by atoms with Crippen LogP contribution >= 0.6 is 11.8 Å². The standard InChI is InChI=1S/C14H21F2NS/c1-4-12(5-2)17-9-10(3)18-14-7-6-11(15)8-13(14)16/h6-8,10,12,17H,4-5,9H2,1-3H3. The highest BCUT2D eigenvalue weighted by atomic mass is 32.2. The summed E-state index contributed by atoms with van der Waals surface area (Å²) in [6.07, 6.45) is 2.19. The van der Waals surface area contributed by atoms with E-state index in [0.29, 0.717) is 10.9 Å². The third-order valence-corrected chi connectivity index (χ3v) is 4.06. The van der Waals surface area contributed by atoms with Crippen LogP contribution in [-0.4, -0.2) is 17.8 Å². The molecule has 0 aromatic heterocycles. The van der Waals surface area contributed by atoms with Crippen LogP contribution in [0.4, 0.5) is 8.78 Å². The zero-order valence-corrected chi connectivity index (χ0v) is 12.0. The zero-order valence-electron chi connectivity index (χ0n) is 11.2. The lowest BCUT2D eigenvalue weighted by Crippen LogP contribution is -2.32. The Bertz CT molecular complexity index is 367. The molecule has 1 unspecified atom stereocenters. The van der Waals surface area contributed by atoms with Crippen LogP contribution in [0.1, 0.15) is 33.6 Å². The van der Waals surface area contributed by atoms with E-state index in [1.165, 1.54) is 23.9 Å². The highest BCUT2D eigenvalue weighted by Gasteiger charge is 2.11. The maximum atomic E-state index is 13.5. The van der Waals surface area contributed by atoms with Crippen molar-refractivity contribution in [2.75, 3.05) is 6.54 Å². The van der Waals surface area contributed by atoms with Crippen LogP contribution in [0, 0.1) is 11.6 Å². The molecule has 0 spiro atoms. The van der Waals surface area contributed by atoms with Crippen LogP contribution in [-0.2, 0) is 0 Å². The molecule has 0 aliphatic rings. The summed E-state index contributed by atoms with van der Waals surface area (Å²) in [5, 5.41) is 3.71. The van der Waals surface area contributed by atoms with Crippen molar-refractivity contribution in [2.45, 2.75) is 49.8 Å². The largest absolute Gasteiger partial charge is 0.313 e. The monoisotopic (exact) mass is 273 g/mol. The predicted molar refractivity (Wildman–Crippen MR) is 74.0 cm³/mol. The normalized spacial score (nSPS) is 13.0. The Balaban J connectivity index is 2.46. The molecule has 1 atom stereocenters. The number of nitrogens with one attached hydrogen (secondary N) is 1. The average molecular weight is 273 g/mol. The highest BCUT2D eigenvalue weighted by molar-refractivity contribution is 8.00. The minimum absolute atomic E-state index is 0.255. The van der Waals surface area contributed by atoms with Gasteiger partial charge in [-0.25, -0.2) is 8.78 Å². The van der Waals surface area contributed by atoms with Crippen LogP contribution in [0.3, 0.4) is 0 Å². The Morgan fingerprint density at radius 2 is 1.89 bits per heavy atom. The van der Waals surface area contributed by atoms with Crippen LogP contribution in [0.2, 0.25) is 0 Å². The van der Waals surface area contributed by atoms with E-state index in [1.807, 2.05) is 6.92 Å². The zero-order chi connectivity index (χ0) is 13.5. The quantitative estimate of drug-likeness (QED) is 0.746. The number of hydrogen-bond donors (Lipinski definition) is 1. The third kappa shape index (κ3) is 4.94. The van der Waals surface area contributed by atoms with Gasteiger partial charge in [0.25, 0.3) is 0 Å². The van der Waals surface area contributed by atoms with E-state index < -0.39 is 11.6 Å². The van der Waals surface area contributed by atoms with Crippen molar-refractivity contribution < 1.29 is 8.78 Å². The Hall–Kier alpha value is -0.610. The summed E-state index contributed by atoms with van der Waals surface area (Å²) in [5.74, 6) is -1.01. The molecule has 102 valence electrons. The molecule has 0 amide bonds. The maximum absolute atomic E-state index is 13.5. The molecule has 1 rings (SSSR count). The fraction of sp³-hybridized carbons (Fsp3) is 0.571. The molecule has 18 heavy (non-hydrogen) atoms. The van der Waals surface area contributed by atoms with Crippen LogP contribution < -0.4 is 5.32 Å². The number of thioether (sulfide) groups is 1. The van der Waals surface area contributed by atoms with Gasteiger partial charge in [0, 0.05) is 28.8 Å². The van der Waals surface area contributed by atoms with Crippen LogP contribution in [0.5, 0.6) is 0 Å². The summed E-state index contributed by atoms with van der Waals surface area (Å²) in [6, 6.07) is 4.25. The second kappa shape index (κ2) is 7.74. The van der Waals surface area contributed by atoms with Crippen LogP contribution in [0.15, 0.2) is 23.1 Å². The van der Waals surface area contributed by atoms with E-state index in [4.69, 9.17) is 0 Å². The minimum atomic E-state index is -0.528. The van der Waals surface area contributed by atoms with Gasteiger partial charge < -0.3 is 5.32 Å². The Morgan fingerprint density at radius 1 is 1.22 bits per heavy atom. The number of hydrogen-bond acceptors (Lipinski definition) is 2. The summed E-state index contributed by atoms with van der Waals surface area (Å²) >= 11 is 1.44. The van der Waals surface area contributed by atoms with E-state index in [0.717, 1.165) is 25.5 Å². The highest BCUT2D eigenvalue weighted by Crippen LogP contribution is 2.26. The van der Waals surface area contributed by atoms with E-state index in [-0.39, 0.29) is 5.25 Å². The summed E-state index contributed by atoms with van der Waals surface area (Å²) in [4.78, 5) is 0.509. The Kier molecular flexibility index (Phi) is 6.65. The van der Waals surface area contributed by atoms with Gasteiger partial charge in [0.1, 0.15) is 11.6 Å². The molecule has 1 N–H and O–H groups in total. The van der Waals surface area contributed by atoms with Gasteiger partial charge in [0.05, 0.1) is 0 Å². The van der Waals surface area contributed by atoms with Gasteiger partial charge in [0.15, 0.2) is 0 Å². The van der Waals surface area contributed by atoms with Gasteiger partial charge in [-0.3, -0.25) is 0 Å².